The predicted octanol–water partition coefficient (Wildman–Crippen LogP) is 4.27. The molecule has 0 radical (unpaired) electrons. The van der Waals surface area contributed by atoms with Crippen molar-refractivity contribution < 1.29 is 26.3 Å². The van der Waals surface area contributed by atoms with Gasteiger partial charge in [0.05, 0.1) is 29.8 Å². The lowest BCUT2D eigenvalue weighted by atomic mass is 10.2. The van der Waals surface area contributed by atoms with E-state index in [4.69, 9.17) is 21.1 Å². The minimum atomic E-state index is -4.11. The van der Waals surface area contributed by atoms with Gasteiger partial charge < -0.3 is 9.47 Å². The molecule has 0 fully saturated rings. The van der Waals surface area contributed by atoms with E-state index in [9.17, 15) is 16.8 Å². The SMILES string of the molecule is COc1ccc(NS(=O)(=O)c2ccc(OC)c(NS(=O)(=O)c3ccc(C)cc3Cl)c2)cc1. The summed E-state index contributed by atoms with van der Waals surface area (Å²) in [6.07, 6.45) is 0. The number of hydrogen-bond acceptors (Lipinski definition) is 6. The predicted molar refractivity (Wildman–Crippen MR) is 124 cm³/mol. The quantitative estimate of drug-likeness (QED) is 0.482. The summed E-state index contributed by atoms with van der Waals surface area (Å²) < 4.78 is 66.5. The molecule has 170 valence electrons. The second-order valence-electron chi connectivity index (χ2n) is 6.74. The molecular formula is C21H21ClN2O6S2. The Balaban J connectivity index is 1.95. The number of ether oxygens (including phenoxy) is 2. The summed E-state index contributed by atoms with van der Waals surface area (Å²) in [7, 11) is -5.29. The van der Waals surface area contributed by atoms with Crippen LogP contribution in [-0.2, 0) is 20.0 Å². The first-order valence-electron chi connectivity index (χ1n) is 9.19. The van der Waals surface area contributed by atoms with E-state index in [0.717, 1.165) is 5.56 Å². The number of anilines is 2. The maximum Gasteiger partial charge on any atom is 0.263 e. The first-order valence-corrected chi connectivity index (χ1v) is 12.5. The summed E-state index contributed by atoms with van der Waals surface area (Å²) in [5.41, 5.74) is 1.06. The van der Waals surface area contributed by atoms with Gasteiger partial charge in [0.25, 0.3) is 20.0 Å². The van der Waals surface area contributed by atoms with Crippen LogP contribution in [0.25, 0.3) is 0 Å². The number of methoxy groups -OCH3 is 2. The van der Waals surface area contributed by atoms with Crippen molar-refractivity contribution in [2.75, 3.05) is 23.7 Å². The summed E-state index contributed by atoms with van der Waals surface area (Å²) in [6.45, 7) is 1.78. The molecule has 3 aromatic carbocycles. The van der Waals surface area contributed by atoms with Crippen LogP contribution in [0.15, 0.2) is 70.5 Å². The zero-order valence-corrected chi connectivity index (χ0v) is 19.8. The second kappa shape index (κ2) is 9.27. The molecule has 2 N–H and O–H groups in total. The summed E-state index contributed by atoms with van der Waals surface area (Å²) >= 11 is 6.10. The lowest BCUT2D eigenvalue weighted by molar-refractivity contribution is 0.415. The van der Waals surface area contributed by atoms with Gasteiger partial charge in [-0.15, -0.1) is 0 Å². The Labute approximate surface area is 192 Å². The van der Waals surface area contributed by atoms with Crippen molar-refractivity contribution >= 4 is 43.0 Å². The molecule has 11 heteroatoms. The van der Waals surface area contributed by atoms with Crippen LogP contribution in [0.3, 0.4) is 0 Å². The third kappa shape index (κ3) is 5.26. The molecule has 0 aliphatic rings. The molecule has 0 unspecified atom stereocenters. The van der Waals surface area contributed by atoms with Crippen molar-refractivity contribution in [3.05, 3.63) is 71.2 Å². The molecule has 8 nitrogen and oxygen atoms in total. The average molecular weight is 497 g/mol. The normalized spacial score (nSPS) is 11.6. The lowest BCUT2D eigenvalue weighted by Crippen LogP contribution is -2.16. The number of aryl methyl sites for hydroxylation is 1. The van der Waals surface area contributed by atoms with E-state index in [1.54, 1.807) is 37.3 Å². The summed E-state index contributed by atoms with van der Waals surface area (Å²) in [5.74, 6) is 0.712. The molecule has 0 amide bonds. The zero-order valence-electron chi connectivity index (χ0n) is 17.4. The zero-order chi connectivity index (χ0) is 23.5. The van der Waals surface area contributed by atoms with Gasteiger partial charge in [0, 0.05) is 5.69 Å². The van der Waals surface area contributed by atoms with Crippen LogP contribution in [0.2, 0.25) is 5.02 Å². The number of nitrogens with one attached hydrogen (secondary N) is 2. The Hall–Kier alpha value is -2.95. The summed E-state index contributed by atoms with van der Waals surface area (Å²) in [6, 6.07) is 14.6. The smallest absolute Gasteiger partial charge is 0.263 e. The van der Waals surface area contributed by atoms with Crippen LogP contribution in [0.5, 0.6) is 11.5 Å². The van der Waals surface area contributed by atoms with Gasteiger partial charge in [-0.1, -0.05) is 17.7 Å². The number of halogens is 1. The Kier molecular flexibility index (Phi) is 6.87. The van der Waals surface area contributed by atoms with Crippen LogP contribution >= 0.6 is 11.6 Å². The topological polar surface area (TPSA) is 111 Å². The lowest BCUT2D eigenvalue weighted by Gasteiger charge is -2.15. The van der Waals surface area contributed by atoms with Crippen LogP contribution in [0.1, 0.15) is 5.56 Å². The minimum absolute atomic E-state index is 0.0430. The Morgan fingerprint density at radius 2 is 1.47 bits per heavy atom. The first kappa shape index (κ1) is 23.7. The Bertz CT molecular complexity index is 1340. The fourth-order valence-corrected chi connectivity index (χ4v) is 5.58. The molecule has 0 aliphatic heterocycles. The fraction of sp³-hybridized carbons (Fsp3) is 0.143. The minimum Gasteiger partial charge on any atom is -0.497 e. The largest absolute Gasteiger partial charge is 0.497 e. The van der Waals surface area contributed by atoms with Gasteiger partial charge in [0.2, 0.25) is 0 Å². The van der Waals surface area contributed by atoms with E-state index in [1.165, 1.54) is 44.6 Å². The van der Waals surface area contributed by atoms with Crippen molar-refractivity contribution in [1.29, 1.82) is 0 Å². The van der Waals surface area contributed by atoms with Crippen LogP contribution in [-0.4, -0.2) is 31.1 Å². The van der Waals surface area contributed by atoms with E-state index in [-0.39, 0.29) is 26.3 Å². The maximum atomic E-state index is 12.9. The van der Waals surface area contributed by atoms with Gasteiger partial charge in [0.15, 0.2) is 0 Å². The number of sulfonamides is 2. The van der Waals surface area contributed by atoms with Gasteiger partial charge in [-0.3, -0.25) is 9.44 Å². The number of hydrogen-bond donors (Lipinski definition) is 2. The molecule has 0 aromatic heterocycles. The molecule has 0 bridgehead atoms. The molecule has 0 saturated carbocycles. The van der Waals surface area contributed by atoms with E-state index in [1.807, 2.05) is 0 Å². The van der Waals surface area contributed by atoms with Crippen LogP contribution in [0.4, 0.5) is 11.4 Å². The number of benzene rings is 3. The molecule has 0 aliphatic carbocycles. The van der Waals surface area contributed by atoms with E-state index < -0.39 is 20.0 Å². The summed E-state index contributed by atoms with van der Waals surface area (Å²) in [5, 5.41) is 0.0430. The highest BCUT2D eigenvalue weighted by atomic mass is 35.5. The van der Waals surface area contributed by atoms with Crippen molar-refractivity contribution in [2.45, 2.75) is 16.7 Å². The second-order valence-corrected chi connectivity index (χ2v) is 10.5. The van der Waals surface area contributed by atoms with E-state index in [2.05, 4.69) is 9.44 Å². The highest BCUT2D eigenvalue weighted by molar-refractivity contribution is 7.93. The van der Waals surface area contributed by atoms with Crippen LogP contribution < -0.4 is 18.9 Å². The first-order chi connectivity index (χ1) is 15.1. The molecule has 0 saturated heterocycles. The molecule has 32 heavy (non-hydrogen) atoms. The fourth-order valence-electron chi connectivity index (χ4n) is 2.83. The summed E-state index contributed by atoms with van der Waals surface area (Å²) in [4.78, 5) is -0.307. The highest BCUT2D eigenvalue weighted by Crippen LogP contribution is 2.32. The van der Waals surface area contributed by atoms with Gasteiger partial charge in [0.1, 0.15) is 16.4 Å². The molecule has 0 atom stereocenters. The molecule has 3 rings (SSSR count). The van der Waals surface area contributed by atoms with E-state index in [0.29, 0.717) is 11.4 Å². The maximum absolute atomic E-state index is 12.9. The third-order valence-electron chi connectivity index (χ3n) is 4.44. The van der Waals surface area contributed by atoms with Gasteiger partial charge in [-0.25, -0.2) is 16.8 Å². The van der Waals surface area contributed by atoms with Gasteiger partial charge >= 0.3 is 0 Å². The van der Waals surface area contributed by atoms with Crippen molar-refractivity contribution in [3.8, 4) is 11.5 Å². The molecule has 0 spiro atoms. The molecular weight excluding hydrogens is 476 g/mol. The molecule has 3 aromatic rings. The Morgan fingerprint density at radius 3 is 2.06 bits per heavy atom. The van der Waals surface area contributed by atoms with E-state index >= 15 is 0 Å². The average Bonchev–Trinajstić information content (AvgIpc) is 2.73. The monoisotopic (exact) mass is 496 g/mol. The van der Waals surface area contributed by atoms with Crippen molar-refractivity contribution in [2.24, 2.45) is 0 Å². The molecule has 0 heterocycles. The van der Waals surface area contributed by atoms with Gasteiger partial charge in [-0.05, 0) is 67.1 Å². The third-order valence-corrected chi connectivity index (χ3v) is 7.67. The van der Waals surface area contributed by atoms with Gasteiger partial charge in [-0.2, -0.15) is 0 Å². The number of rotatable bonds is 8. The van der Waals surface area contributed by atoms with Crippen molar-refractivity contribution in [1.82, 2.24) is 0 Å². The van der Waals surface area contributed by atoms with Crippen molar-refractivity contribution in [3.63, 3.8) is 0 Å². The standard InChI is InChI=1S/C21H21ClN2O6S2/c1-14-4-11-21(18(22)12-14)32(27,28)24-19-13-17(9-10-20(19)30-3)31(25,26)23-15-5-7-16(29-2)8-6-15/h4-13,23-24H,1-3H3. The van der Waals surface area contributed by atoms with Crippen LogP contribution in [0, 0.1) is 6.92 Å². The Morgan fingerprint density at radius 1 is 0.781 bits per heavy atom. The highest BCUT2D eigenvalue weighted by Gasteiger charge is 2.22.